The van der Waals surface area contributed by atoms with Crippen LogP contribution >= 0.6 is 15.9 Å². The van der Waals surface area contributed by atoms with Crippen LogP contribution in [0.15, 0.2) is 46.9 Å². The Kier molecular flexibility index (Phi) is 7.69. The van der Waals surface area contributed by atoms with Gasteiger partial charge in [-0.2, -0.15) is 0 Å². The van der Waals surface area contributed by atoms with Crippen LogP contribution in [0.2, 0.25) is 0 Å². The fraction of sp³-hybridized carbons (Fsp3) is 0.368. The average Bonchev–Trinajstić information content (AvgIpc) is 2.55. The molecule has 0 aliphatic heterocycles. The van der Waals surface area contributed by atoms with Crippen LogP contribution in [0.4, 0.5) is 4.39 Å². The van der Waals surface area contributed by atoms with Crippen molar-refractivity contribution in [2.75, 3.05) is 27.2 Å². The Morgan fingerprint density at radius 2 is 1.92 bits per heavy atom. The predicted octanol–water partition coefficient (Wildman–Crippen LogP) is 4.21. The highest BCUT2D eigenvalue weighted by atomic mass is 79.9. The third-order valence-electron chi connectivity index (χ3n) is 3.64. The number of nitrogens with zero attached hydrogens (tertiary/aromatic N) is 1. The van der Waals surface area contributed by atoms with Gasteiger partial charge >= 0.3 is 0 Å². The molecule has 2 aromatic carbocycles. The topological polar surface area (TPSA) is 24.5 Å². The number of rotatable bonds is 9. The molecule has 0 heterocycles. The lowest BCUT2D eigenvalue weighted by molar-refractivity contribution is 0.295. The first-order valence-electron chi connectivity index (χ1n) is 8.06. The summed E-state index contributed by atoms with van der Waals surface area (Å²) in [6, 6.07) is 12.6. The maximum absolute atomic E-state index is 13.7. The molecule has 0 amide bonds. The van der Waals surface area contributed by atoms with Crippen molar-refractivity contribution in [1.82, 2.24) is 10.2 Å². The van der Waals surface area contributed by atoms with E-state index in [-0.39, 0.29) is 12.4 Å². The Labute approximate surface area is 151 Å². The van der Waals surface area contributed by atoms with Gasteiger partial charge in [0.15, 0.2) is 0 Å². The minimum absolute atomic E-state index is 0.224. The standard InChI is InChI=1S/C19H24BrFN2O/c1-23(2)11-5-10-22-13-16-12-17(20)8-9-19(16)24-14-15-6-3-4-7-18(15)21/h3-4,6-9,12,22H,5,10-11,13-14H2,1-2H3. The second kappa shape index (κ2) is 9.77. The minimum Gasteiger partial charge on any atom is -0.488 e. The van der Waals surface area contributed by atoms with E-state index in [4.69, 9.17) is 4.74 Å². The van der Waals surface area contributed by atoms with Gasteiger partial charge in [-0.3, -0.25) is 0 Å². The van der Waals surface area contributed by atoms with E-state index in [1.807, 2.05) is 24.3 Å². The molecule has 0 atom stereocenters. The molecule has 2 aromatic rings. The van der Waals surface area contributed by atoms with Crippen molar-refractivity contribution in [3.05, 3.63) is 63.9 Å². The summed E-state index contributed by atoms with van der Waals surface area (Å²) < 4.78 is 20.6. The Morgan fingerprint density at radius 1 is 1.12 bits per heavy atom. The molecule has 0 aliphatic carbocycles. The van der Waals surface area contributed by atoms with Gasteiger partial charge in [0, 0.05) is 22.1 Å². The Morgan fingerprint density at radius 3 is 2.67 bits per heavy atom. The molecule has 1 N–H and O–H groups in total. The van der Waals surface area contributed by atoms with Crippen molar-refractivity contribution in [3.63, 3.8) is 0 Å². The van der Waals surface area contributed by atoms with E-state index in [0.29, 0.717) is 5.56 Å². The van der Waals surface area contributed by atoms with Crippen molar-refractivity contribution in [1.29, 1.82) is 0 Å². The minimum atomic E-state index is -0.238. The molecule has 3 nitrogen and oxygen atoms in total. The van der Waals surface area contributed by atoms with Crippen LogP contribution in [-0.4, -0.2) is 32.1 Å². The molecule has 0 aromatic heterocycles. The monoisotopic (exact) mass is 394 g/mol. The molecule has 0 fully saturated rings. The number of halogens is 2. The van der Waals surface area contributed by atoms with Crippen molar-refractivity contribution in [2.24, 2.45) is 0 Å². The smallest absolute Gasteiger partial charge is 0.129 e. The summed E-state index contributed by atoms with van der Waals surface area (Å²) in [7, 11) is 4.14. The second-order valence-corrected chi connectivity index (χ2v) is 6.88. The summed E-state index contributed by atoms with van der Waals surface area (Å²) in [6.45, 7) is 2.95. The Hall–Kier alpha value is -1.43. The van der Waals surface area contributed by atoms with Crippen molar-refractivity contribution < 1.29 is 9.13 Å². The zero-order valence-corrected chi connectivity index (χ0v) is 15.8. The Bertz CT molecular complexity index is 649. The first-order chi connectivity index (χ1) is 11.6. The summed E-state index contributed by atoms with van der Waals surface area (Å²) in [4.78, 5) is 2.17. The van der Waals surface area contributed by atoms with Gasteiger partial charge < -0.3 is 15.0 Å². The molecule has 0 aliphatic rings. The summed E-state index contributed by atoms with van der Waals surface area (Å²) in [5, 5.41) is 3.43. The zero-order valence-electron chi connectivity index (χ0n) is 14.2. The van der Waals surface area contributed by atoms with Crippen LogP contribution in [0.3, 0.4) is 0 Å². The third kappa shape index (κ3) is 6.23. The van der Waals surface area contributed by atoms with Crippen molar-refractivity contribution >= 4 is 15.9 Å². The summed E-state index contributed by atoms with van der Waals surface area (Å²) >= 11 is 3.50. The van der Waals surface area contributed by atoms with Crippen molar-refractivity contribution in [3.8, 4) is 5.75 Å². The molecule has 0 bridgehead atoms. The molecule has 0 unspecified atom stereocenters. The second-order valence-electron chi connectivity index (χ2n) is 5.97. The molecular weight excluding hydrogens is 371 g/mol. The van der Waals surface area contributed by atoms with E-state index in [0.717, 1.165) is 41.8 Å². The average molecular weight is 395 g/mol. The van der Waals surface area contributed by atoms with E-state index in [9.17, 15) is 4.39 Å². The molecule has 130 valence electrons. The summed E-state index contributed by atoms with van der Waals surface area (Å²) in [5.41, 5.74) is 1.62. The first-order valence-corrected chi connectivity index (χ1v) is 8.85. The van der Waals surface area contributed by atoms with Gasteiger partial charge in [-0.05, 0) is 57.9 Å². The lowest BCUT2D eigenvalue weighted by Crippen LogP contribution is -2.21. The predicted molar refractivity (Wildman–Crippen MR) is 99.8 cm³/mol. The van der Waals surface area contributed by atoms with Crippen LogP contribution in [-0.2, 0) is 13.2 Å². The molecule has 0 spiro atoms. The number of nitrogens with one attached hydrogen (secondary N) is 1. The lowest BCUT2D eigenvalue weighted by atomic mass is 10.2. The van der Waals surface area contributed by atoms with Gasteiger partial charge in [-0.1, -0.05) is 34.1 Å². The fourth-order valence-corrected chi connectivity index (χ4v) is 2.75. The number of ether oxygens (including phenoxy) is 1. The van der Waals surface area contributed by atoms with E-state index >= 15 is 0 Å². The molecule has 0 saturated carbocycles. The largest absolute Gasteiger partial charge is 0.488 e. The fourth-order valence-electron chi connectivity index (χ4n) is 2.34. The molecule has 5 heteroatoms. The quantitative estimate of drug-likeness (QED) is 0.644. The van der Waals surface area contributed by atoms with Gasteiger partial charge in [-0.25, -0.2) is 4.39 Å². The summed E-state index contributed by atoms with van der Waals surface area (Å²) in [6.07, 6.45) is 1.09. The van der Waals surface area contributed by atoms with Crippen LogP contribution in [0.25, 0.3) is 0 Å². The van der Waals surface area contributed by atoms with Crippen LogP contribution in [0.1, 0.15) is 17.5 Å². The highest BCUT2D eigenvalue weighted by Gasteiger charge is 2.07. The van der Waals surface area contributed by atoms with Crippen molar-refractivity contribution in [2.45, 2.75) is 19.6 Å². The van der Waals surface area contributed by atoms with Crippen LogP contribution in [0.5, 0.6) is 5.75 Å². The molecule has 0 saturated heterocycles. The highest BCUT2D eigenvalue weighted by Crippen LogP contribution is 2.24. The van der Waals surface area contributed by atoms with Gasteiger partial charge in [0.05, 0.1) is 0 Å². The van der Waals surface area contributed by atoms with Crippen LogP contribution < -0.4 is 10.1 Å². The number of benzene rings is 2. The van der Waals surface area contributed by atoms with E-state index in [1.54, 1.807) is 12.1 Å². The molecule has 2 rings (SSSR count). The van der Waals surface area contributed by atoms with Gasteiger partial charge in [0.1, 0.15) is 18.2 Å². The highest BCUT2D eigenvalue weighted by molar-refractivity contribution is 9.10. The van der Waals surface area contributed by atoms with E-state index in [2.05, 4.69) is 40.2 Å². The Balaban J connectivity index is 1.93. The SMILES string of the molecule is CN(C)CCCNCc1cc(Br)ccc1OCc1ccccc1F. The van der Waals surface area contributed by atoms with E-state index < -0.39 is 0 Å². The molecular formula is C19H24BrFN2O. The zero-order chi connectivity index (χ0) is 17.4. The lowest BCUT2D eigenvalue weighted by Gasteiger charge is -2.14. The van der Waals surface area contributed by atoms with Gasteiger partial charge in [-0.15, -0.1) is 0 Å². The maximum Gasteiger partial charge on any atom is 0.129 e. The molecule has 0 radical (unpaired) electrons. The maximum atomic E-state index is 13.7. The van der Waals surface area contributed by atoms with Crippen LogP contribution in [0, 0.1) is 5.82 Å². The number of hydrogen-bond donors (Lipinski definition) is 1. The van der Waals surface area contributed by atoms with Gasteiger partial charge in [0.2, 0.25) is 0 Å². The van der Waals surface area contributed by atoms with E-state index in [1.165, 1.54) is 6.07 Å². The normalized spacial score (nSPS) is 11.0. The number of hydrogen-bond acceptors (Lipinski definition) is 3. The third-order valence-corrected chi connectivity index (χ3v) is 4.13. The first kappa shape index (κ1) is 18.9. The molecule has 24 heavy (non-hydrogen) atoms. The van der Waals surface area contributed by atoms with Gasteiger partial charge in [0.25, 0.3) is 0 Å². The summed E-state index contributed by atoms with van der Waals surface area (Å²) in [5.74, 6) is 0.541.